The van der Waals surface area contributed by atoms with E-state index in [1.165, 1.54) is 5.56 Å². The minimum absolute atomic E-state index is 0.0993. The van der Waals surface area contributed by atoms with Crippen LogP contribution in [-0.2, 0) is 11.2 Å². The van der Waals surface area contributed by atoms with Crippen LogP contribution in [0, 0.1) is 5.92 Å². The summed E-state index contributed by atoms with van der Waals surface area (Å²) in [5.74, 6) is -0.426. The van der Waals surface area contributed by atoms with Gasteiger partial charge in [0.1, 0.15) is 0 Å². The molecule has 0 bridgehead atoms. The molecule has 1 unspecified atom stereocenters. The van der Waals surface area contributed by atoms with E-state index in [2.05, 4.69) is 36.5 Å². The molecule has 0 radical (unpaired) electrons. The topological polar surface area (TPSA) is 75.4 Å². The monoisotopic (exact) mass is 346 g/mol. The van der Waals surface area contributed by atoms with Crippen molar-refractivity contribution in [2.45, 2.75) is 76.3 Å². The van der Waals surface area contributed by atoms with Crippen molar-refractivity contribution >= 4 is 5.97 Å². The molecule has 0 spiro atoms. The van der Waals surface area contributed by atoms with Crippen molar-refractivity contribution in [3.63, 3.8) is 0 Å². The zero-order valence-electron chi connectivity index (χ0n) is 15.5. The third kappa shape index (κ3) is 6.44. The van der Waals surface area contributed by atoms with Gasteiger partial charge in [0.25, 0.3) is 0 Å². The van der Waals surface area contributed by atoms with E-state index in [0.29, 0.717) is 12.0 Å². The lowest BCUT2D eigenvalue weighted by Gasteiger charge is -2.47. The van der Waals surface area contributed by atoms with Gasteiger partial charge in [-0.2, -0.15) is 0 Å². The number of benzene rings is 1. The van der Waals surface area contributed by atoms with Crippen LogP contribution < -0.4 is 11.1 Å². The molecule has 1 fully saturated rings. The molecular formula is C21H34N2O2. The first-order valence-corrected chi connectivity index (χ1v) is 9.81. The number of carbonyl (C=O) groups is 1. The van der Waals surface area contributed by atoms with Crippen LogP contribution in [0.5, 0.6) is 0 Å². The molecule has 0 amide bonds. The summed E-state index contributed by atoms with van der Waals surface area (Å²) < 4.78 is 0. The van der Waals surface area contributed by atoms with Crippen LogP contribution in [0.25, 0.3) is 0 Å². The quantitative estimate of drug-likeness (QED) is 0.504. The fourth-order valence-electron chi connectivity index (χ4n) is 3.92. The van der Waals surface area contributed by atoms with E-state index < -0.39 is 11.5 Å². The lowest BCUT2D eigenvalue weighted by Crippen LogP contribution is -2.57. The van der Waals surface area contributed by atoms with Gasteiger partial charge in [-0.1, -0.05) is 56.5 Å². The molecule has 1 aromatic carbocycles. The summed E-state index contributed by atoms with van der Waals surface area (Å²) in [6, 6.07) is 11.1. The van der Waals surface area contributed by atoms with Crippen molar-refractivity contribution in [1.29, 1.82) is 0 Å². The van der Waals surface area contributed by atoms with E-state index in [1.807, 2.05) is 6.07 Å². The zero-order valence-corrected chi connectivity index (χ0v) is 15.5. The highest BCUT2D eigenvalue weighted by atomic mass is 16.4. The summed E-state index contributed by atoms with van der Waals surface area (Å²) >= 11 is 0. The fourth-order valence-corrected chi connectivity index (χ4v) is 3.92. The van der Waals surface area contributed by atoms with Crippen molar-refractivity contribution < 1.29 is 9.90 Å². The van der Waals surface area contributed by atoms with Gasteiger partial charge in [0.05, 0.1) is 6.42 Å². The number of nitrogens with one attached hydrogen (secondary N) is 1. The maximum absolute atomic E-state index is 11.2. The predicted octanol–water partition coefficient (Wildman–Crippen LogP) is 3.74. The standard InChI is InChI=1S/C21H34N2O2/c1-2-3-7-12-21(22,16-20(24)25)18-14-19(15-18)23-13-8-11-17-9-5-4-6-10-17/h4-6,9-10,18-19,23H,2-3,7-8,11-16,22H2,1H3,(H,24,25). The molecule has 0 aromatic heterocycles. The normalized spacial score (nSPS) is 22.2. The molecule has 0 aliphatic heterocycles. The number of rotatable bonds is 12. The fraction of sp³-hybridized carbons (Fsp3) is 0.667. The second-order valence-corrected chi connectivity index (χ2v) is 7.67. The molecule has 0 heterocycles. The summed E-state index contributed by atoms with van der Waals surface area (Å²) in [6.07, 6.45) is 8.49. The predicted molar refractivity (Wildman–Crippen MR) is 103 cm³/mol. The second-order valence-electron chi connectivity index (χ2n) is 7.67. The summed E-state index contributed by atoms with van der Waals surface area (Å²) in [4.78, 5) is 11.2. The molecule has 4 N–H and O–H groups in total. The smallest absolute Gasteiger partial charge is 0.305 e. The molecule has 1 aliphatic rings. The summed E-state index contributed by atoms with van der Waals surface area (Å²) in [5.41, 5.74) is 7.39. The van der Waals surface area contributed by atoms with Crippen molar-refractivity contribution in [2.24, 2.45) is 11.7 Å². The SMILES string of the molecule is CCCCCC(N)(CC(=O)O)C1CC(NCCCc2ccccc2)C1. The molecule has 1 saturated carbocycles. The Bertz CT molecular complexity index is 514. The lowest BCUT2D eigenvalue weighted by atomic mass is 9.65. The highest BCUT2D eigenvalue weighted by Gasteiger charge is 2.43. The van der Waals surface area contributed by atoms with Crippen LogP contribution in [0.4, 0.5) is 0 Å². The van der Waals surface area contributed by atoms with E-state index in [1.54, 1.807) is 0 Å². The number of nitrogens with two attached hydrogens (primary N) is 1. The minimum atomic E-state index is -0.765. The summed E-state index contributed by atoms with van der Waals surface area (Å²) in [5, 5.41) is 12.8. The van der Waals surface area contributed by atoms with Gasteiger partial charge < -0.3 is 16.2 Å². The molecule has 1 aromatic rings. The van der Waals surface area contributed by atoms with Crippen molar-refractivity contribution in [2.75, 3.05) is 6.54 Å². The average molecular weight is 347 g/mol. The number of unbranched alkanes of at least 4 members (excludes halogenated alkanes) is 2. The van der Waals surface area contributed by atoms with Crippen LogP contribution in [0.1, 0.15) is 63.9 Å². The number of hydrogen-bond donors (Lipinski definition) is 3. The molecule has 25 heavy (non-hydrogen) atoms. The van der Waals surface area contributed by atoms with Crippen molar-refractivity contribution in [3.8, 4) is 0 Å². The number of carboxylic acids is 1. The van der Waals surface area contributed by atoms with E-state index >= 15 is 0 Å². The molecule has 1 aliphatic carbocycles. The lowest BCUT2D eigenvalue weighted by molar-refractivity contribution is -0.139. The molecule has 4 heteroatoms. The molecule has 1 atom stereocenters. The molecular weight excluding hydrogens is 312 g/mol. The van der Waals surface area contributed by atoms with Gasteiger partial charge >= 0.3 is 5.97 Å². The number of aryl methyl sites for hydroxylation is 1. The summed E-state index contributed by atoms with van der Waals surface area (Å²) in [7, 11) is 0. The highest BCUT2D eigenvalue weighted by molar-refractivity contribution is 5.68. The zero-order chi connectivity index (χ0) is 18.1. The second kappa shape index (κ2) is 9.93. The molecule has 0 saturated heterocycles. The maximum Gasteiger partial charge on any atom is 0.305 e. The Morgan fingerprint density at radius 3 is 2.60 bits per heavy atom. The van der Waals surface area contributed by atoms with Crippen LogP contribution >= 0.6 is 0 Å². The van der Waals surface area contributed by atoms with Crippen molar-refractivity contribution in [1.82, 2.24) is 5.32 Å². The van der Waals surface area contributed by atoms with Gasteiger partial charge in [-0.3, -0.25) is 4.79 Å². The van der Waals surface area contributed by atoms with E-state index in [-0.39, 0.29) is 6.42 Å². The van der Waals surface area contributed by atoms with Crippen LogP contribution in [-0.4, -0.2) is 29.2 Å². The van der Waals surface area contributed by atoms with E-state index in [4.69, 9.17) is 5.73 Å². The first-order chi connectivity index (χ1) is 12.0. The molecule has 4 nitrogen and oxygen atoms in total. The Kier molecular flexibility index (Phi) is 7.91. The van der Waals surface area contributed by atoms with Gasteiger partial charge in [-0.15, -0.1) is 0 Å². The molecule has 140 valence electrons. The van der Waals surface area contributed by atoms with Crippen LogP contribution in [0.2, 0.25) is 0 Å². The number of hydrogen-bond acceptors (Lipinski definition) is 3. The Balaban J connectivity index is 1.68. The van der Waals surface area contributed by atoms with Gasteiger partial charge in [0, 0.05) is 11.6 Å². The first kappa shape index (κ1) is 19.9. The van der Waals surface area contributed by atoms with E-state index in [9.17, 15) is 9.90 Å². The minimum Gasteiger partial charge on any atom is -0.481 e. The maximum atomic E-state index is 11.2. The average Bonchev–Trinajstić information content (AvgIpc) is 2.53. The Morgan fingerprint density at radius 1 is 1.24 bits per heavy atom. The first-order valence-electron chi connectivity index (χ1n) is 9.81. The van der Waals surface area contributed by atoms with Gasteiger partial charge in [0.15, 0.2) is 0 Å². The van der Waals surface area contributed by atoms with Gasteiger partial charge in [-0.05, 0) is 50.1 Å². The Hall–Kier alpha value is -1.39. The number of carboxylic acid groups (broad SMARTS) is 1. The van der Waals surface area contributed by atoms with E-state index in [0.717, 1.165) is 57.9 Å². The third-order valence-electron chi connectivity index (χ3n) is 5.60. The van der Waals surface area contributed by atoms with Gasteiger partial charge in [-0.25, -0.2) is 0 Å². The third-order valence-corrected chi connectivity index (χ3v) is 5.60. The van der Waals surface area contributed by atoms with Crippen LogP contribution in [0.15, 0.2) is 30.3 Å². The van der Waals surface area contributed by atoms with Gasteiger partial charge in [0.2, 0.25) is 0 Å². The Morgan fingerprint density at radius 2 is 1.96 bits per heavy atom. The number of aliphatic carboxylic acids is 1. The Labute approximate surface area is 152 Å². The summed E-state index contributed by atoms with van der Waals surface area (Å²) in [6.45, 7) is 3.17. The van der Waals surface area contributed by atoms with Crippen molar-refractivity contribution in [3.05, 3.63) is 35.9 Å². The highest BCUT2D eigenvalue weighted by Crippen LogP contribution is 2.40. The largest absolute Gasteiger partial charge is 0.481 e. The molecule has 2 rings (SSSR count). The van der Waals surface area contributed by atoms with Crippen LogP contribution in [0.3, 0.4) is 0 Å².